The van der Waals surface area contributed by atoms with E-state index in [2.05, 4.69) is 10.6 Å². The van der Waals surface area contributed by atoms with Gasteiger partial charge >= 0.3 is 6.03 Å². The summed E-state index contributed by atoms with van der Waals surface area (Å²) in [5.74, 6) is -0.662. The lowest BCUT2D eigenvalue weighted by Crippen LogP contribution is -2.34. The average molecular weight is 281 g/mol. The number of amides is 3. The first-order valence-corrected chi connectivity index (χ1v) is 6.00. The van der Waals surface area contributed by atoms with E-state index in [1.807, 2.05) is 6.07 Å². The Morgan fingerprint density at radius 3 is 2.48 bits per heavy atom. The van der Waals surface area contributed by atoms with E-state index in [4.69, 9.17) is 5.26 Å². The highest BCUT2D eigenvalue weighted by Crippen LogP contribution is 2.20. The van der Waals surface area contributed by atoms with Gasteiger partial charge in [-0.15, -0.1) is 0 Å². The number of rotatable bonds is 2. The minimum absolute atomic E-state index is 0.0984. The average Bonchev–Trinajstić information content (AvgIpc) is 2.48. The minimum atomic E-state index is -0.786. The van der Waals surface area contributed by atoms with Crippen LogP contribution >= 0.6 is 0 Å². The standard InChI is InChI=1S/C15H11N3O3/c16-9-11-6-7-12(19)8-13(11)17-15(21)18-14(20)10-4-2-1-3-5-10/h1-8,19H,(H2,17,18,20,21). The van der Waals surface area contributed by atoms with Crippen molar-refractivity contribution >= 4 is 17.6 Å². The molecule has 6 nitrogen and oxygen atoms in total. The molecule has 0 aliphatic heterocycles. The number of hydrogen-bond donors (Lipinski definition) is 3. The van der Waals surface area contributed by atoms with Gasteiger partial charge in [0.05, 0.1) is 11.3 Å². The number of imide groups is 1. The van der Waals surface area contributed by atoms with Gasteiger partial charge in [-0.2, -0.15) is 5.26 Å². The normalized spacial score (nSPS) is 9.48. The number of carbonyl (C=O) groups is 2. The fourth-order valence-corrected chi connectivity index (χ4v) is 1.65. The predicted octanol–water partition coefficient (Wildman–Crippen LogP) is 2.23. The van der Waals surface area contributed by atoms with Crippen molar-refractivity contribution in [3.8, 4) is 11.8 Å². The number of phenols is 1. The summed E-state index contributed by atoms with van der Waals surface area (Å²) in [5, 5.41) is 22.8. The van der Waals surface area contributed by atoms with Gasteiger partial charge in [-0.25, -0.2) is 4.79 Å². The van der Waals surface area contributed by atoms with Crippen molar-refractivity contribution < 1.29 is 14.7 Å². The number of urea groups is 1. The molecule has 0 aliphatic rings. The molecule has 2 aromatic rings. The summed E-state index contributed by atoms with van der Waals surface area (Å²) in [6.07, 6.45) is 0. The lowest BCUT2D eigenvalue weighted by Gasteiger charge is -2.08. The van der Waals surface area contributed by atoms with Crippen molar-refractivity contribution in [2.75, 3.05) is 5.32 Å². The molecule has 104 valence electrons. The topological polar surface area (TPSA) is 102 Å². The van der Waals surface area contributed by atoms with Crippen molar-refractivity contribution in [1.82, 2.24) is 5.32 Å². The molecular weight excluding hydrogens is 270 g/mol. The second-order valence-electron chi connectivity index (χ2n) is 4.12. The lowest BCUT2D eigenvalue weighted by atomic mass is 10.2. The zero-order chi connectivity index (χ0) is 15.2. The molecule has 0 heterocycles. The van der Waals surface area contributed by atoms with E-state index >= 15 is 0 Å². The van der Waals surface area contributed by atoms with E-state index in [-0.39, 0.29) is 17.0 Å². The van der Waals surface area contributed by atoms with Crippen molar-refractivity contribution in [1.29, 1.82) is 5.26 Å². The van der Waals surface area contributed by atoms with Crippen LogP contribution in [0.15, 0.2) is 48.5 Å². The van der Waals surface area contributed by atoms with E-state index in [0.29, 0.717) is 5.56 Å². The highest BCUT2D eigenvalue weighted by atomic mass is 16.3. The third-order valence-corrected chi connectivity index (χ3v) is 2.63. The van der Waals surface area contributed by atoms with Gasteiger partial charge in [0.15, 0.2) is 0 Å². The molecule has 0 bridgehead atoms. The Labute approximate surface area is 120 Å². The third-order valence-electron chi connectivity index (χ3n) is 2.63. The van der Waals surface area contributed by atoms with Crippen LogP contribution in [0.25, 0.3) is 0 Å². The first-order valence-electron chi connectivity index (χ1n) is 6.00. The second-order valence-corrected chi connectivity index (χ2v) is 4.12. The second kappa shape index (κ2) is 6.21. The number of nitrogens with zero attached hydrogens (tertiary/aromatic N) is 1. The highest BCUT2D eigenvalue weighted by Gasteiger charge is 2.12. The maximum absolute atomic E-state index is 11.8. The molecule has 0 radical (unpaired) electrons. The Morgan fingerprint density at radius 1 is 1.10 bits per heavy atom. The largest absolute Gasteiger partial charge is 0.508 e. The van der Waals surface area contributed by atoms with Crippen LogP contribution in [0.5, 0.6) is 5.75 Å². The summed E-state index contributed by atoms with van der Waals surface area (Å²) in [5.41, 5.74) is 0.634. The number of phenolic OH excluding ortho intramolecular Hbond substituents is 1. The van der Waals surface area contributed by atoms with Crippen LogP contribution in [-0.4, -0.2) is 17.0 Å². The number of aromatic hydroxyl groups is 1. The van der Waals surface area contributed by atoms with Crippen LogP contribution in [-0.2, 0) is 0 Å². The van der Waals surface area contributed by atoms with E-state index in [0.717, 1.165) is 0 Å². The van der Waals surface area contributed by atoms with Crippen LogP contribution in [0.4, 0.5) is 10.5 Å². The molecule has 2 aromatic carbocycles. The zero-order valence-corrected chi connectivity index (χ0v) is 10.8. The number of nitriles is 1. The summed E-state index contributed by atoms with van der Waals surface area (Å²) >= 11 is 0. The Morgan fingerprint density at radius 2 is 1.81 bits per heavy atom. The molecule has 2 rings (SSSR count). The number of anilines is 1. The highest BCUT2D eigenvalue weighted by molar-refractivity contribution is 6.08. The summed E-state index contributed by atoms with van der Waals surface area (Å²) in [4.78, 5) is 23.5. The van der Waals surface area contributed by atoms with Gasteiger partial charge in [0.25, 0.3) is 5.91 Å². The van der Waals surface area contributed by atoms with Crippen molar-refractivity contribution in [3.05, 3.63) is 59.7 Å². The molecule has 0 unspecified atom stereocenters. The maximum atomic E-state index is 11.8. The predicted molar refractivity (Wildman–Crippen MR) is 75.7 cm³/mol. The molecule has 21 heavy (non-hydrogen) atoms. The molecule has 3 amide bonds. The van der Waals surface area contributed by atoms with Gasteiger partial charge in [-0.05, 0) is 24.3 Å². The van der Waals surface area contributed by atoms with Gasteiger partial charge in [0, 0.05) is 11.6 Å². The van der Waals surface area contributed by atoms with E-state index in [1.54, 1.807) is 30.3 Å². The van der Waals surface area contributed by atoms with Crippen molar-refractivity contribution in [2.45, 2.75) is 0 Å². The molecule has 0 aromatic heterocycles. The molecular formula is C15H11N3O3. The molecule has 6 heteroatoms. The summed E-state index contributed by atoms with van der Waals surface area (Å²) in [7, 11) is 0. The van der Waals surface area contributed by atoms with Crippen LogP contribution in [0.3, 0.4) is 0 Å². The maximum Gasteiger partial charge on any atom is 0.326 e. The van der Waals surface area contributed by atoms with Crippen molar-refractivity contribution in [3.63, 3.8) is 0 Å². The lowest BCUT2D eigenvalue weighted by molar-refractivity contribution is 0.0967. The summed E-state index contributed by atoms with van der Waals surface area (Å²) in [6.45, 7) is 0. The molecule has 0 saturated heterocycles. The summed E-state index contributed by atoms with van der Waals surface area (Å²) in [6, 6.07) is 13.3. The SMILES string of the molecule is N#Cc1ccc(O)cc1NC(=O)NC(=O)c1ccccc1. The van der Waals surface area contributed by atoms with Crippen molar-refractivity contribution in [2.24, 2.45) is 0 Å². The van der Waals surface area contributed by atoms with Gasteiger partial charge in [-0.3, -0.25) is 10.1 Å². The number of carbonyl (C=O) groups excluding carboxylic acids is 2. The number of hydrogen-bond acceptors (Lipinski definition) is 4. The zero-order valence-electron chi connectivity index (χ0n) is 10.8. The Bertz CT molecular complexity index is 721. The van der Waals surface area contributed by atoms with Gasteiger partial charge in [-0.1, -0.05) is 18.2 Å². The quantitative estimate of drug-likeness (QED) is 0.785. The third kappa shape index (κ3) is 3.58. The van der Waals surface area contributed by atoms with Crippen LogP contribution < -0.4 is 10.6 Å². The molecule has 0 aliphatic carbocycles. The first kappa shape index (κ1) is 14.1. The van der Waals surface area contributed by atoms with Crippen LogP contribution in [0.1, 0.15) is 15.9 Å². The minimum Gasteiger partial charge on any atom is -0.508 e. The van der Waals surface area contributed by atoms with Gasteiger partial charge < -0.3 is 10.4 Å². The number of nitrogens with one attached hydrogen (secondary N) is 2. The first-order chi connectivity index (χ1) is 10.1. The number of benzene rings is 2. The molecule has 0 saturated carbocycles. The molecule has 0 atom stereocenters. The van der Waals surface area contributed by atoms with Crippen LogP contribution in [0.2, 0.25) is 0 Å². The Balaban J connectivity index is 2.08. The monoisotopic (exact) mass is 281 g/mol. The Kier molecular flexibility index (Phi) is 4.17. The van der Waals surface area contributed by atoms with E-state index in [9.17, 15) is 14.7 Å². The van der Waals surface area contributed by atoms with E-state index in [1.165, 1.54) is 18.2 Å². The fraction of sp³-hybridized carbons (Fsp3) is 0. The van der Waals surface area contributed by atoms with Crippen LogP contribution in [0, 0.1) is 11.3 Å². The smallest absolute Gasteiger partial charge is 0.326 e. The van der Waals surface area contributed by atoms with Gasteiger partial charge in [0.2, 0.25) is 0 Å². The molecule has 3 N–H and O–H groups in total. The fourth-order valence-electron chi connectivity index (χ4n) is 1.65. The molecule has 0 fully saturated rings. The Hall–Kier alpha value is -3.33. The molecule has 0 spiro atoms. The van der Waals surface area contributed by atoms with Gasteiger partial charge in [0.1, 0.15) is 11.8 Å². The van der Waals surface area contributed by atoms with E-state index < -0.39 is 11.9 Å². The summed E-state index contributed by atoms with van der Waals surface area (Å²) < 4.78 is 0.